The minimum Gasteiger partial charge on any atom is -0.279 e. The highest BCUT2D eigenvalue weighted by atomic mass is 15.2. The zero-order valence-corrected chi connectivity index (χ0v) is 27.7. The van der Waals surface area contributed by atoms with Crippen molar-refractivity contribution >= 4 is 60.2 Å². The lowest BCUT2D eigenvalue weighted by Gasteiger charge is -2.12. The molecule has 4 aromatic heterocycles. The van der Waals surface area contributed by atoms with E-state index in [0.717, 1.165) is 77.4 Å². The molecular formula is C45H27N7. The third kappa shape index (κ3) is 4.36. The molecule has 242 valence electrons. The zero-order valence-electron chi connectivity index (χ0n) is 27.7. The molecule has 0 radical (unpaired) electrons. The molecule has 11 rings (SSSR count). The lowest BCUT2D eigenvalue weighted by atomic mass is 10.1. The van der Waals surface area contributed by atoms with Crippen LogP contribution in [0.5, 0.6) is 0 Å². The van der Waals surface area contributed by atoms with Gasteiger partial charge in [0.1, 0.15) is 5.65 Å². The van der Waals surface area contributed by atoms with Crippen LogP contribution in [0.4, 0.5) is 0 Å². The number of benzene rings is 7. The van der Waals surface area contributed by atoms with E-state index in [4.69, 9.17) is 24.9 Å². The maximum atomic E-state index is 5.31. The summed E-state index contributed by atoms with van der Waals surface area (Å²) in [6, 6.07) is 56.3. The van der Waals surface area contributed by atoms with Gasteiger partial charge >= 0.3 is 0 Å². The van der Waals surface area contributed by atoms with Crippen molar-refractivity contribution in [2.24, 2.45) is 0 Å². The molecular weight excluding hydrogens is 639 g/mol. The van der Waals surface area contributed by atoms with Crippen LogP contribution in [0.15, 0.2) is 164 Å². The summed E-state index contributed by atoms with van der Waals surface area (Å²) in [6.45, 7) is 0. The second-order valence-corrected chi connectivity index (χ2v) is 13.0. The summed E-state index contributed by atoms with van der Waals surface area (Å²) in [5, 5.41) is 5.51. The zero-order chi connectivity index (χ0) is 34.2. The monoisotopic (exact) mass is 665 g/mol. The van der Waals surface area contributed by atoms with E-state index < -0.39 is 0 Å². The smallest absolute Gasteiger partial charge is 0.221 e. The van der Waals surface area contributed by atoms with E-state index in [9.17, 15) is 0 Å². The van der Waals surface area contributed by atoms with Crippen LogP contribution < -0.4 is 0 Å². The van der Waals surface area contributed by atoms with Gasteiger partial charge in [-0.2, -0.15) is 0 Å². The van der Waals surface area contributed by atoms with E-state index in [-0.39, 0.29) is 0 Å². The maximum absolute atomic E-state index is 5.31. The second-order valence-electron chi connectivity index (χ2n) is 13.0. The minimum atomic E-state index is 0.613. The van der Waals surface area contributed by atoms with Gasteiger partial charge in [-0.3, -0.25) is 8.97 Å². The summed E-state index contributed by atoms with van der Waals surface area (Å²) >= 11 is 0. The van der Waals surface area contributed by atoms with Gasteiger partial charge in [-0.05, 0) is 65.4 Å². The Morgan fingerprint density at radius 3 is 1.77 bits per heavy atom. The number of nitrogens with zero attached hydrogens (tertiary/aromatic N) is 7. The van der Waals surface area contributed by atoms with Gasteiger partial charge in [0.05, 0.1) is 27.6 Å². The van der Waals surface area contributed by atoms with Crippen LogP contribution in [0.2, 0.25) is 0 Å². The number of rotatable bonds is 4. The van der Waals surface area contributed by atoms with E-state index in [1.54, 1.807) is 0 Å². The van der Waals surface area contributed by atoms with Gasteiger partial charge in [0.15, 0.2) is 17.5 Å². The molecule has 0 bridgehead atoms. The Kier molecular flexibility index (Phi) is 6.12. The Hall–Kier alpha value is -7.25. The molecule has 11 aromatic rings. The Labute approximate surface area is 297 Å². The fraction of sp³-hybridized carbons (Fsp3) is 0. The summed E-state index contributed by atoms with van der Waals surface area (Å²) < 4.78 is 4.44. The molecule has 0 aliphatic rings. The van der Waals surface area contributed by atoms with Gasteiger partial charge in [-0.15, -0.1) is 0 Å². The maximum Gasteiger partial charge on any atom is 0.221 e. The van der Waals surface area contributed by atoms with Gasteiger partial charge in [-0.25, -0.2) is 24.9 Å². The van der Waals surface area contributed by atoms with Crippen molar-refractivity contribution in [1.29, 1.82) is 0 Å². The van der Waals surface area contributed by atoms with E-state index >= 15 is 0 Å². The lowest BCUT2D eigenvalue weighted by Crippen LogP contribution is -2.06. The third-order valence-corrected chi connectivity index (χ3v) is 9.93. The first-order valence-electron chi connectivity index (χ1n) is 17.3. The highest BCUT2D eigenvalue weighted by Gasteiger charge is 2.21. The van der Waals surface area contributed by atoms with Crippen LogP contribution in [0.25, 0.3) is 100 Å². The standard InChI is InChI=1S/C45H27N7/c1-2-13-29(14-3-1)41-48-42(31-23-22-28-12-4-5-15-30(28)26-31)50-43(49-41)32-24-25-39-35(27-32)33-16-7-10-20-38(33)51(39)45-47-36-18-8-6-17-34(36)44-46-37-19-9-11-21-40(37)52(44)45/h1-27H. The van der Waals surface area contributed by atoms with Crippen molar-refractivity contribution in [1.82, 2.24) is 33.9 Å². The third-order valence-electron chi connectivity index (χ3n) is 9.93. The van der Waals surface area contributed by atoms with E-state index in [1.807, 2.05) is 48.5 Å². The predicted molar refractivity (Wildman–Crippen MR) is 210 cm³/mol. The number of imidazole rings is 1. The van der Waals surface area contributed by atoms with Gasteiger partial charge in [-0.1, -0.05) is 109 Å². The number of hydrogen-bond acceptors (Lipinski definition) is 5. The predicted octanol–water partition coefficient (Wildman–Crippen LogP) is 10.5. The normalized spacial score (nSPS) is 11.8. The Bertz CT molecular complexity index is 3200. The van der Waals surface area contributed by atoms with Gasteiger partial charge in [0, 0.05) is 32.8 Å². The topological polar surface area (TPSA) is 73.8 Å². The largest absolute Gasteiger partial charge is 0.279 e. The van der Waals surface area contributed by atoms with Crippen LogP contribution in [0, 0.1) is 0 Å². The number of fused-ring (bicyclic) bond motifs is 9. The molecule has 7 aromatic carbocycles. The Morgan fingerprint density at radius 1 is 0.346 bits per heavy atom. The summed E-state index contributed by atoms with van der Waals surface area (Å²) in [7, 11) is 0. The average molecular weight is 666 g/mol. The summed E-state index contributed by atoms with van der Waals surface area (Å²) in [5.41, 5.74) is 8.56. The number of hydrogen-bond donors (Lipinski definition) is 0. The quantitative estimate of drug-likeness (QED) is 0.187. The van der Waals surface area contributed by atoms with Gasteiger partial charge in [0.25, 0.3) is 0 Å². The Morgan fingerprint density at radius 2 is 0.942 bits per heavy atom. The molecule has 0 spiro atoms. The van der Waals surface area contributed by atoms with Crippen LogP contribution >= 0.6 is 0 Å². The van der Waals surface area contributed by atoms with Crippen molar-refractivity contribution in [3.63, 3.8) is 0 Å². The SMILES string of the molecule is c1ccc(-c2nc(-c3ccc4ccccc4c3)nc(-c3ccc4c(c3)c3ccccc3n4-c3nc4ccccc4c4nc5ccccc5n34)n2)cc1. The number of aromatic nitrogens is 7. The Balaban J connectivity index is 1.16. The molecule has 7 nitrogen and oxygen atoms in total. The number of para-hydroxylation sites is 4. The molecule has 0 atom stereocenters. The molecule has 0 saturated carbocycles. The fourth-order valence-corrected chi connectivity index (χ4v) is 7.48. The molecule has 4 heterocycles. The second kappa shape index (κ2) is 11.1. The summed E-state index contributed by atoms with van der Waals surface area (Å²) in [6.07, 6.45) is 0. The first-order valence-corrected chi connectivity index (χ1v) is 17.3. The van der Waals surface area contributed by atoms with E-state index in [1.165, 1.54) is 5.39 Å². The average Bonchev–Trinajstić information content (AvgIpc) is 3.77. The van der Waals surface area contributed by atoms with Crippen LogP contribution in [0.1, 0.15) is 0 Å². The summed E-state index contributed by atoms with van der Waals surface area (Å²) in [5.74, 6) is 2.66. The molecule has 0 aliphatic heterocycles. The van der Waals surface area contributed by atoms with Crippen molar-refractivity contribution in [2.75, 3.05) is 0 Å². The molecule has 52 heavy (non-hydrogen) atoms. The first-order chi connectivity index (χ1) is 25.8. The highest BCUT2D eigenvalue weighted by molar-refractivity contribution is 6.10. The van der Waals surface area contributed by atoms with Crippen LogP contribution in [-0.2, 0) is 0 Å². The molecule has 0 unspecified atom stereocenters. The van der Waals surface area contributed by atoms with E-state index in [0.29, 0.717) is 17.5 Å². The molecule has 0 amide bonds. The first kappa shape index (κ1) is 28.6. The molecule has 0 fully saturated rings. The van der Waals surface area contributed by atoms with Crippen molar-refractivity contribution in [3.8, 4) is 40.1 Å². The fourth-order valence-electron chi connectivity index (χ4n) is 7.48. The lowest BCUT2D eigenvalue weighted by molar-refractivity contribution is 0.979. The van der Waals surface area contributed by atoms with Gasteiger partial charge < -0.3 is 0 Å². The van der Waals surface area contributed by atoms with Gasteiger partial charge in [0.2, 0.25) is 5.95 Å². The minimum absolute atomic E-state index is 0.613. The van der Waals surface area contributed by atoms with Crippen molar-refractivity contribution in [3.05, 3.63) is 164 Å². The molecule has 0 aliphatic carbocycles. The van der Waals surface area contributed by atoms with E-state index in [2.05, 4.69) is 124 Å². The highest BCUT2D eigenvalue weighted by Crippen LogP contribution is 2.36. The van der Waals surface area contributed by atoms with Crippen LogP contribution in [0.3, 0.4) is 0 Å². The molecule has 0 N–H and O–H groups in total. The van der Waals surface area contributed by atoms with Crippen molar-refractivity contribution < 1.29 is 0 Å². The van der Waals surface area contributed by atoms with Crippen molar-refractivity contribution in [2.45, 2.75) is 0 Å². The van der Waals surface area contributed by atoms with Crippen LogP contribution in [-0.4, -0.2) is 33.9 Å². The molecule has 7 heteroatoms. The summed E-state index contributed by atoms with van der Waals surface area (Å²) in [4.78, 5) is 25.6. The molecule has 0 saturated heterocycles.